The zero-order valence-electron chi connectivity index (χ0n) is 11.6. The number of hydrogen-bond donors (Lipinski definition) is 2. The van der Waals surface area contributed by atoms with Crippen molar-refractivity contribution in [2.24, 2.45) is 0 Å². The lowest BCUT2D eigenvalue weighted by Crippen LogP contribution is -2.00. The van der Waals surface area contributed by atoms with Crippen LogP contribution in [0.1, 0.15) is 5.69 Å². The van der Waals surface area contributed by atoms with Gasteiger partial charge in [0.1, 0.15) is 4.60 Å². The zero-order chi connectivity index (χ0) is 14.8. The van der Waals surface area contributed by atoms with Crippen molar-refractivity contribution in [2.45, 2.75) is 6.92 Å². The molecule has 5 nitrogen and oxygen atoms in total. The second-order valence-corrected chi connectivity index (χ2v) is 5.94. The highest BCUT2D eigenvalue weighted by Gasteiger charge is 2.09. The number of aryl methyl sites for hydroxylation is 1. The maximum absolute atomic E-state index is 4.48. The number of halogens is 1. The fraction of sp³-hybridized carbons (Fsp3) is 0.143. The van der Waals surface area contributed by atoms with Gasteiger partial charge in [0.25, 0.3) is 0 Å². The van der Waals surface area contributed by atoms with Crippen LogP contribution < -0.4 is 10.0 Å². The first kappa shape index (κ1) is 14.2. The Morgan fingerprint density at radius 2 is 2.10 bits per heavy atom. The molecule has 0 saturated heterocycles. The lowest BCUT2D eigenvalue weighted by atomic mass is 10.3. The Morgan fingerprint density at radius 1 is 1.29 bits per heavy atom. The Bertz CT molecular complexity index is 786. The molecule has 0 fully saturated rings. The second kappa shape index (κ2) is 5.95. The van der Waals surface area contributed by atoms with Crippen LogP contribution >= 0.6 is 27.9 Å². The van der Waals surface area contributed by atoms with Crippen LogP contribution in [0.5, 0.6) is 0 Å². The van der Waals surface area contributed by atoms with E-state index in [-0.39, 0.29) is 0 Å². The minimum absolute atomic E-state index is 0.721. The first-order valence-electron chi connectivity index (χ1n) is 6.33. The number of imidazole rings is 1. The van der Waals surface area contributed by atoms with Crippen molar-refractivity contribution in [3.8, 4) is 0 Å². The third-order valence-electron chi connectivity index (χ3n) is 2.99. The largest absolute Gasteiger partial charge is 0.337 e. The van der Waals surface area contributed by atoms with E-state index < -0.39 is 0 Å². The van der Waals surface area contributed by atoms with Gasteiger partial charge >= 0.3 is 0 Å². The Balaban J connectivity index is 1.99. The second-order valence-electron chi connectivity index (χ2n) is 4.52. The molecule has 0 atom stereocenters. The van der Waals surface area contributed by atoms with Crippen LogP contribution in [0.25, 0.3) is 5.65 Å². The molecule has 7 heteroatoms. The molecule has 2 N–H and O–H groups in total. The number of nitrogens with one attached hydrogen (secondary N) is 2. The van der Waals surface area contributed by atoms with Crippen molar-refractivity contribution in [3.05, 3.63) is 47.0 Å². The number of aromatic nitrogens is 3. The zero-order valence-corrected chi connectivity index (χ0v) is 14.0. The SMILES string of the molecule is CSNc1cccc(Nc2nc(Br)cn3c(C)cnc23)c1. The van der Waals surface area contributed by atoms with Crippen molar-refractivity contribution in [1.29, 1.82) is 0 Å². The molecule has 0 unspecified atom stereocenters. The van der Waals surface area contributed by atoms with Crippen LogP contribution in [0.4, 0.5) is 17.2 Å². The Kier molecular flexibility index (Phi) is 4.03. The number of anilines is 3. The summed E-state index contributed by atoms with van der Waals surface area (Å²) in [5.74, 6) is 0.721. The molecule has 0 bridgehead atoms. The van der Waals surface area contributed by atoms with Gasteiger partial charge in [-0.1, -0.05) is 18.0 Å². The molecular formula is C14H14BrN5S. The highest BCUT2D eigenvalue weighted by Crippen LogP contribution is 2.24. The Morgan fingerprint density at radius 3 is 2.90 bits per heavy atom. The van der Waals surface area contributed by atoms with E-state index in [1.165, 1.54) is 0 Å². The van der Waals surface area contributed by atoms with Gasteiger partial charge in [-0.25, -0.2) is 9.97 Å². The summed E-state index contributed by atoms with van der Waals surface area (Å²) in [4.78, 5) is 8.89. The number of benzene rings is 1. The van der Waals surface area contributed by atoms with E-state index in [2.05, 4.69) is 35.9 Å². The molecule has 0 radical (unpaired) electrons. The minimum atomic E-state index is 0.721. The molecule has 3 aromatic rings. The van der Waals surface area contributed by atoms with Crippen molar-refractivity contribution >= 4 is 50.7 Å². The molecule has 0 spiro atoms. The average molecular weight is 364 g/mol. The third kappa shape index (κ3) is 2.98. The topological polar surface area (TPSA) is 54.2 Å². The maximum Gasteiger partial charge on any atom is 0.180 e. The summed E-state index contributed by atoms with van der Waals surface area (Å²) >= 11 is 5.00. The predicted octanol–water partition coefficient (Wildman–Crippen LogP) is 4.23. The van der Waals surface area contributed by atoms with Gasteiger partial charge in [0.15, 0.2) is 11.5 Å². The van der Waals surface area contributed by atoms with Crippen LogP contribution in [0.3, 0.4) is 0 Å². The summed E-state index contributed by atoms with van der Waals surface area (Å²) < 4.78 is 5.98. The van der Waals surface area contributed by atoms with Crippen LogP contribution in [0.15, 0.2) is 41.3 Å². The molecule has 0 aliphatic rings. The van der Waals surface area contributed by atoms with Crippen LogP contribution in [-0.2, 0) is 0 Å². The third-order valence-corrected chi connectivity index (χ3v) is 3.82. The number of nitrogens with zero attached hydrogens (tertiary/aromatic N) is 3. The molecule has 2 heterocycles. The molecule has 2 aromatic heterocycles. The summed E-state index contributed by atoms with van der Waals surface area (Å²) in [5, 5.41) is 3.33. The number of fused-ring (bicyclic) bond motifs is 1. The van der Waals surface area contributed by atoms with Crippen molar-refractivity contribution in [3.63, 3.8) is 0 Å². The van der Waals surface area contributed by atoms with E-state index in [0.717, 1.165) is 33.1 Å². The van der Waals surface area contributed by atoms with Crippen LogP contribution in [0.2, 0.25) is 0 Å². The molecule has 0 aliphatic carbocycles. The van der Waals surface area contributed by atoms with E-state index in [4.69, 9.17) is 0 Å². The molecule has 0 saturated carbocycles. The van der Waals surface area contributed by atoms with Crippen molar-refractivity contribution < 1.29 is 0 Å². The van der Waals surface area contributed by atoms with Gasteiger partial charge in [0, 0.05) is 35.7 Å². The van der Waals surface area contributed by atoms with E-state index in [1.807, 2.05) is 54.2 Å². The highest BCUT2D eigenvalue weighted by atomic mass is 79.9. The van der Waals surface area contributed by atoms with Gasteiger partial charge in [-0.15, -0.1) is 0 Å². The summed E-state index contributed by atoms with van der Waals surface area (Å²) in [6, 6.07) is 8.05. The highest BCUT2D eigenvalue weighted by molar-refractivity contribution is 9.10. The van der Waals surface area contributed by atoms with E-state index >= 15 is 0 Å². The molecule has 1 aromatic carbocycles. The predicted molar refractivity (Wildman–Crippen MR) is 92.3 cm³/mol. The summed E-state index contributed by atoms with van der Waals surface area (Å²) in [5.41, 5.74) is 3.87. The Labute approximate surface area is 135 Å². The van der Waals surface area contributed by atoms with Crippen LogP contribution in [-0.4, -0.2) is 20.6 Å². The summed E-state index contributed by atoms with van der Waals surface area (Å²) in [6.45, 7) is 2.01. The number of hydrogen-bond acceptors (Lipinski definition) is 5. The quantitative estimate of drug-likeness (QED) is 0.679. The normalized spacial score (nSPS) is 10.8. The fourth-order valence-corrected chi connectivity index (χ4v) is 2.82. The van der Waals surface area contributed by atoms with Gasteiger partial charge in [0.05, 0.1) is 0 Å². The van der Waals surface area contributed by atoms with Gasteiger partial charge in [-0.05, 0) is 41.1 Å². The fourth-order valence-electron chi connectivity index (χ4n) is 2.08. The summed E-state index contributed by atoms with van der Waals surface area (Å²) in [7, 11) is 0. The van der Waals surface area contributed by atoms with E-state index in [9.17, 15) is 0 Å². The van der Waals surface area contributed by atoms with Crippen molar-refractivity contribution in [1.82, 2.24) is 14.4 Å². The van der Waals surface area contributed by atoms with E-state index in [0.29, 0.717) is 0 Å². The minimum Gasteiger partial charge on any atom is -0.337 e. The maximum atomic E-state index is 4.48. The first-order chi connectivity index (χ1) is 10.2. The van der Waals surface area contributed by atoms with Gasteiger partial charge in [-0.3, -0.25) is 4.40 Å². The Hall–Kier alpha value is -1.73. The van der Waals surface area contributed by atoms with E-state index in [1.54, 1.807) is 11.9 Å². The standard InChI is InChI=1S/C14H14BrN5S/c1-9-7-16-14-13(18-12(15)8-20(9)14)17-10-4-3-5-11(6-10)19-21-2/h3-8,19H,1-2H3,(H,17,18). The average Bonchev–Trinajstić information content (AvgIpc) is 2.81. The van der Waals surface area contributed by atoms with Crippen LogP contribution in [0, 0.1) is 6.92 Å². The summed E-state index contributed by atoms with van der Waals surface area (Å²) in [6.07, 6.45) is 5.74. The van der Waals surface area contributed by atoms with Gasteiger partial charge < -0.3 is 10.0 Å². The number of rotatable bonds is 4. The molecule has 0 amide bonds. The molecule has 3 rings (SSSR count). The lowest BCUT2D eigenvalue weighted by molar-refractivity contribution is 1.06. The first-order valence-corrected chi connectivity index (χ1v) is 8.35. The molecule has 21 heavy (non-hydrogen) atoms. The molecule has 108 valence electrons. The lowest BCUT2D eigenvalue weighted by Gasteiger charge is -2.10. The molecule has 0 aliphatic heterocycles. The van der Waals surface area contributed by atoms with Gasteiger partial charge in [-0.2, -0.15) is 0 Å². The molecular weight excluding hydrogens is 350 g/mol. The smallest absolute Gasteiger partial charge is 0.180 e. The van der Waals surface area contributed by atoms with Gasteiger partial charge in [0.2, 0.25) is 0 Å². The monoisotopic (exact) mass is 363 g/mol. The van der Waals surface area contributed by atoms with Crippen molar-refractivity contribution in [2.75, 3.05) is 16.3 Å².